The Morgan fingerprint density at radius 3 is 2.78 bits per heavy atom. The largest absolute Gasteiger partial charge is 0.352 e. The van der Waals surface area contributed by atoms with Crippen molar-refractivity contribution in [1.82, 2.24) is 20.2 Å². The van der Waals surface area contributed by atoms with E-state index in [9.17, 15) is 0 Å². The molecule has 5 heteroatoms. The number of likely N-dealkylation sites (N-methyl/N-ethyl adjacent to an activating group) is 1. The van der Waals surface area contributed by atoms with Crippen LogP contribution in [0.4, 0.5) is 5.82 Å². The predicted molar refractivity (Wildman–Crippen MR) is 73.7 cm³/mol. The molecule has 1 fully saturated rings. The van der Waals surface area contributed by atoms with Gasteiger partial charge in [0.15, 0.2) is 0 Å². The normalized spacial score (nSPS) is 20.1. The Morgan fingerprint density at radius 2 is 2.11 bits per heavy atom. The van der Waals surface area contributed by atoms with Crippen LogP contribution in [-0.2, 0) is 6.54 Å². The van der Waals surface area contributed by atoms with Gasteiger partial charge in [0.1, 0.15) is 5.82 Å². The Morgan fingerprint density at radius 1 is 1.33 bits per heavy atom. The molecule has 0 unspecified atom stereocenters. The lowest BCUT2D eigenvalue weighted by molar-refractivity contribution is 0.138. The summed E-state index contributed by atoms with van der Waals surface area (Å²) in [6.07, 6.45) is 3.68. The molecule has 0 saturated carbocycles. The molecule has 0 spiro atoms. The van der Waals surface area contributed by atoms with Crippen LogP contribution >= 0.6 is 0 Å². The molecule has 0 aliphatic carbocycles. The van der Waals surface area contributed by atoms with E-state index in [1.807, 2.05) is 19.4 Å². The van der Waals surface area contributed by atoms with Crippen LogP contribution in [0.25, 0.3) is 0 Å². The first-order chi connectivity index (χ1) is 8.53. The number of piperazine rings is 1. The van der Waals surface area contributed by atoms with Gasteiger partial charge in [-0.1, -0.05) is 0 Å². The van der Waals surface area contributed by atoms with Crippen LogP contribution in [0.15, 0.2) is 12.4 Å². The van der Waals surface area contributed by atoms with Gasteiger partial charge >= 0.3 is 0 Å². The van der Waals surface area contributed by atoms with Crippen molar-refractivity contribution in [2.24, 2.45) is 0 Å². The lowest BCUT2D eigenvalue weighted by Gasteiger charge is -2.45. The molecular formula is C13H23N5. The van der Waals surface area contributed by atoms with E-state index in [1.54, 1.807) is 0 Å². The Hall–Kier alpha value is -1.20. The highest BCUT2D eigenvalue weighted by Crippen LogP contribution is 2.22. The summed E-state index contributed by atoms with van der Waals surface area (Å²) in [5.74, 6) is 0.990. The maximum atomic E-state index is 4.66. The molecule has 2 heterocycles. The van der Waals surface area contributed by atoms with Gasteiger partial charge in [-0.3, -0.25) is 9.88 Å². The fourth-order valence-corrected chi connectivity index (χ4v) is 2.25. The van der Waals surface area contributed by atoms with E-state index < -0.39 is 0 Å². The molecule has 0 radical (unpaired) electrons. The van der Waals surface area contributed by atoms with Gasteiger partial charge in [-0.15, -0.1) is 0 Å². The molecule has 0 bridgehead atoms. The second kappa shape index (κ2) is 5.20. The number of rotatable bonds is 3. The van der Waals surface area contributed by atoms with Gasteiger partial charge in [-0.25, -0.2) is 4.98 Å². The molecule has 0 amide bonds. The van der Waals surface area contributed by atoms with Crippen LogP contribution in [0.3, 0.4) is 0 Å². The summed E-state index contributed by atoms with van der Waals surface area (Å²) in [7, 11) is 4.10. The summed E-state index contributed by atoms with van der Waals surface area (Å²) in [5, 5.41) is 3.11. The standard InChI is InChI=1S/C13H23N5/c1-13(2)10-18(6-5-17(13)4)12-9-15-8-11(16-12)7-14-3/h8-9,14H,5-7,10H2,1-4H3. The van der Waals surface area contributed by atoms with E-state index in [1.165, 1.54) is 0 Å². The zero-order chi connectivity index (χ0) is 13.2. The van der Waals surface area contributed by atoms with Crippen molar-refractivity contribution < 1.29 is 0 Å². The fraction of sp³-hybridized carbons (Fsp3) is 0.692. The van der Waals surface area contributed by atoms with Crippen LogP contribution in [0, 0.1) is 0 Å². The highest BCUT2D eigenvalue weighted by Gasteiger charge is 2.31. The van der Waals surface area contributed by atoms with Crippen molar-refractivity contribution in [1.29, 1.82) is 0 Å². The third kappa shape index (κ3) is 2.79. The van der Waals surface area contributed by atoms with Gasteiger partial charge in [0.25, 0.3) is 0 Å². The monoisotopic (exact) mass is 249 g/mol. The molecular weight excluding hydrogens is 226 g/mol. The van der Waals surface area contributed by atoms with Gasteiger partial charge in [-0.2, -0.15) is 0 Å². The molecule has 5 nitrogen and oxygen atoms in total. The average molecular weight is 249 g/mol. The third-order valence-corrected chi connectivity index (χ3v) is 3.67. The number of aromatic nitrogens is 2. The second-order valence-electron chi connectivity index (χ2n) is 5.55. The first-order valence-electron chi connectivity index (χ1n) is 6.44. The Bertz CT molecular complexity index is 404. The van der Waals surface area contributed by atoms with Crippen molar-refractivity contribution in [3.63, 3.8) is 0 Å². The van der Waals surface area contributed by atoms with Crippen LogP contribution in [0.2, 0.25) is 0 Å². The first-order valence-corrected chi connectivity index (χ1v) is 6.44. The number of nitrogens with zero attached hydrogens (tertiary/aromatic N) is 4. The summed E-state index contributed by atoms with van der Waals surface area (Å²) in [5.41, 5.74) is 1.17. The molecule has 1 saturated heterocycles. The maximum Gasteiger partial charge on any atom is 0.147 e. The summed E-state index contributed by atoms with van der Waals surface area (Å²) in [6.45, 7) is 8.36. The van der Waals surface area contributed by atoms with Crippen molar-refractivity contribution in [3.05, 3.63) is 18.1 Å². The third-order valence-electron chi connectivity index (χ3n) is 3.67. The van der Waals surface area contributed by atoms with Gasteiger partial charge in [0.2, 0.25) is 0 Å². The first kappa shape index (κ1) is 13.2. The van der Waals surface area contributed by atoms with E-state index in [2.05, 4.69) is 46.0 Å². The molecule has 1 aromatic rings. The Labute approximate surface area is 109 Å². The molecule has 0 aromatic carbocycles. The summed E-state index contributed by atoms with van der Waals surface area (Å²) in [6, 6.07) is 0. The minimum atomic E-state index is 0.180. The fourth-order valence-electron chi connectivity index (χ4n) is 2.25. The summed E-state index contributed by atoms with van der Waals surface area (Å²) < 4.78 is 0. The quantitative estimate of drug-likeness (QED) is 0.855. The van der Waals surface area contributed by atoms with E-state index >= 15 is 0 Å². The highest BCUT2D eigenvalue weighted by molar-refractivity contribution is 5.38. The summed E-state index contributed by atoms with van der Waals surface area (Å²) >= 11 is 0. The van der Waals surface area contributed by atoms with Crippen LogP contribution < -0.4 is 10.2 Å². The number of hydrogen-bond donors (Lipinski definition) is 1. The van der Waals surface area contributed by atoms with Crippen molar-refractivity contribution >= 4 is 5.82 Å². The lowest BCUT2D eigenvalue weighted by Crippen LogP contribution is -2.57. The van der Waals surface area contributed by atoms with Crippen LogP contribution in [0.1, 0.15) is 19.5 Å². The molecule has 2 rings (SSSR count). The number of anilines is 1. The number of hydrogen-bond acceptors (Lipinski definition) is 5. The van der Waals surface area contributed by atoms with E-state index in [-0.39, 0.29) is 5.54 Å². The highest BCUT2D eigenvalue weighted by atomic mass is 15.3. The van der Waals surface area contributed by atoms with E-state index in [0.717, 1.165) is 37.7 Å². The molecule has 1 aliphatic heterocycles. The molecule has 1 aliphatic rings. The number of nitrogens with one attached hydrogen (secondary N) is 1. The lowest BCUT2D eigenvalue weighted by atomic mass is 10.00. The topological polar surface area (TPSA) is 44.3 Å². The second-order valence-corrected chi connectivity index (χ2v) is 5.55. The zero-order valence-corrected chi connectivity index (χ0v) is 11.8. The predicted octanol–water partition coefficient (Wildman–Crippen LogP) is 0.726. The molecule has 1 aromatic heterocycles. The van der Waals surface area contributed by atoms with Gasteiger partial charge in [0, 0.05) is 37.9 Å². The van der Waals surface area contributed by atoms with Gasteiger partial charge in [-0.05, 0) is 27.9 Å². The van der Waals surface area contributed by atoms with Crippen molar-refractivity contribution in [2.75, 3.05) is 38.6 Å². The maximum absolute atomic E-state index is 4.66. The summed E-state index contributed by atoms with van der Waals surface area (Å²) in [4.78, 5) is 13.7. The zero-order valence-electron chi connectivity index (χ0n) is 11.8. The van der Waals surface area contributed by atoms with E-state index in [0.29, 0.717) is 0 Å². The molecule has 0 atom stereocenters. The van der Waals surface area contributed by atoms with Crippen molar-refractivity contribution in [3.8, 4) is 0 Å². The Balaban J connectivity index is 2.14. The van der Waals surface area contributed by atoms with Crippen LogP contribution in [0.5, 0.6) is 0 Å². The Kier molecular flexibility index (Phi) is 3.82. The smallest absolute Gasteiger partial charge is 0.147 e. The molecule has 100 valence electrons. The van der Waals surface area contributed by atoms with Crippen molar-refractivity contribution in [2.45, 2.75) is 25.9 Å². The van der Waals surface area contributed by atoms with Gasteiger partial charge in [0.05, 0.1) is 11.9 Å². The molecule has 18 heavy (non-hydrogen) atoms. The average Bonchev–Trinajstić information content (AvgIpc) is 2.33. The van der Waals surface area contributed by atoms with Gasteiger partial charge < -0.3 is 10.2 Å². The van der Waals surface area contributed by atoms with Crippen LogP contribution in [-0.4, -0.2) is 54.1 Å². The minimum absolute atomic E-state index is 0.180. The molecule has 1 N–H and O–H groups in total. The SMILES string of the molecule is CNCc1cncc(N2CCN(C)C(C)(C)C2)n1. The van der Waals surface area contributed by atoms with E-state index in [4.69, 9.17) is 0 Å². The minimum Gasteiger partial charge on any atom is -0.352 e.